The lowest BCUT2D eigenvalue weighted by molar-refractivity contribution is 0.101. The number of carbonyl (C=O) groups excluding carboxylic acids is 1. The number of nitrogens with one attached hydrogen (secondary N) is 2. The van der Waals surface area contributed by atoms with Gasteiger partial charge in [-0.1, -0.05) is 12.1 Å². The number of anilines is 1. The molecule has 2 N–H and O–H groups in total. The third-order valence-corrected chi connectivity index (χ3v) is 4.09. The molecule has 0 saturated carbocycles. The van der Waals surface area contributed by atoms with Gasteiger partial charge in [0.2, 0.25) is 0 Å². The molecule has 1 amide bonds. The second-order valence-electron chi connectivity index (χ2n) is 5.79. The first kappa shape index (κ1) is 15.1. The maximum Gasteiger partial charge on any atom is 0.273 e. The molecule has 0 aliphatic carbocycles. The molecule has 6 heteroatoms. The van der Waals surface area contributed by atoms with Gasteiger partial charge in [0.25, 0.3) is 5.91 Å². The molecule has 2 aromatic carbocycles. The summed E-state index contributed by atoms with van der Waals surface area (Å²) in [6.45, 7) is 0. The van der Waals surface area contributed by atoms with Crippen LogP contribution in [0.3, 0.4) is 0 Å². The highest BCUT2D eigenvalue weighted by atomic mass is 19.1. The van der Waals surface area contributed by atoms with Crippen LogP contribution in [0, 0.1) is 5.82 Å². The molecule has 2 heterocycles. The Bertz CT molecular complexity index is 1060. The van der Waals surface area contributed by atoms with Gasteiger partial charge >= 0.3 is 0 Å². The first-order valence-electron chi connectivity index (χ1n) is 7.78. The fourth-order valence-corrected chi connectivity index (χ4v) is 2.78. The highest BCUT2D eigenvalue weighted by Gasteiger charge is 2.10. The van der Waals surface area contributed by atoms with Crippen LogP contribution in [0.4, 0.5) is 10.1 Å². The Hall–Kier alpha value is -3.41. The minimum absolute atomic E-state index is 0.214. The first-order valence-corrected chi connectivity index (χ1v) is 7.78. The number of aryl methyl sites for hydroxylation is 1. The van der Waals surface area contributed by atoms with Gasteiger partial charge in [-0.3, -0.25) is 9.48 Å². The van der Waals surface area contributed by atoms with Crippen LogP contribution in [0.2, 0.25) is 0 Å². The summed E-state index contributed by atoms with van der Waals surface area (Å²) >= 11 is 0. The lowest BCUT2D eigenvalue weighted by Gasteiger charge is -2.06. The summed E-state index contributed by atoms with van der Waals surface area (Å²) in [6.07, 6.45) is 1.58. The minimum Gasteiger partial charge on any atom is -0.355 e. The standard InChI is InChI=1S/C19H15FN4O/c1-24-18(8-9-21-24)19(25)22-15-5-2-12(3-6-15)17-11-13-10-14(20)4-7-16(13)23-17/h2-11,23H,1H3,(H,22,25). The molecule has 5 nitrogen and oxygen atoms in total. The predicted molar refractivity (Wildman–Crippen MR) is 94.9 cm³/mol. The summed E-state index contributed by atoms with van der Waals surface area (Å²) < 4.78 is 14.8. The van der Waals surface area contributed by atoms with Gasteiger partial charge in [-0.25, -0.2) is 4.39 Å². The zero-order valence-corrected chi connectivity index (χ0v) is 13.5. The van der Waals surface area contributed by atoms with Gasteiger partial charge in [0.05, 0.1) is 0 Å². The fraction of sp³-hybridized carbons (Fsp3) is 0.0526. The maximum absolute atomic E-state index is 13.3. The lowest BCUT2D eigenvalue weighted by atomic mass is 10.1. The Balaban J connectivity index is 1.57. The van der Waals surface area contributed by atoms with Crippen LogP contribution in [0.15, 0.2) is 60.8 Å². The van der Waals surface area contributed by atoms with E-state index in [2.05, 4.69) is 15.4 Å². The van der Waals surface area contributed by atoms with Crippen LogP contribution < -0.4 is 5.32 Å². The third-order valence-electron chi connectivity index (χ3n) is 4.09. The van der Waals surface area contributed by atoms with Crippen molar-refractivity contribution < 1.29 is 9.18 Å². The van der Waals surface area contributed by atoms with Crippen molar-refractivity contribution in [2.24, 2.45) is 7.05 Å². The van der Waals surface area contributed by atoms with E-state index in [4.69, 9.17) is 0 Å². The molecule has 0 bridgehead atoms. The number of hydrogen-bond acceptors (Lipinski definition) is 2. The summed E-state index contributed by atoms with van der Waals surface area (Å²) in [5.74, 6) is -0.472. The summed E-state index contributed by atoms with van der Waals surface area (Å²) in [7, 11) is 1.72. The second-order valence-corrected chi connectivity index (χ2v) is 5.79. The van der Waals surface area contributed by atoms with Crippen molar-refractivity contribution in [3.05, 3.63) is 72.3 Å². The number of carbonyl (C=O) groups is 1. The van der Waals surface area contributed by atoms with Crippen molar-refractivity contribution in [2.45, 2.75) is 0 Å². The quantitative estimate of drug-likeness (QED) is 0.596. The van der Waals surface area contributed by atoms with E-state index in [0.717, 1.165) is 22.2 Å². The maximum atomic E-state index is 13.3. The Morgan fingerprint density at radius 2 is 1.92 bits per heavy atom. The zero-order valence-electron chi connectivity index (χ0n) is 13.5. The van der Waals surface area contributed by atoms with E-state index in [-0.39, 0.29) is 11.7 Å². The molecule has 0 fully saturated rings. The van der Waals surface area contributed by atoms with Crippen LogP contribution in [0.1, 0.15) is 10.5 Å². The summed E-state index contributed by atoms with van der Waals surface area (Å²) in [6, 6.07) is 15.7. The predicted octanol–water partition coefficient (Wildman–Crippen LogP) is 3.96. The van der Waals surface area contributed by atoms with E-state index in [0.29, 0.717) is 11.4 Å². The van der Waals surface area contributed by atoms with Gasteiger partial charge in [0, 0.05) is 35.5 Å². The van der Waals surface area contributed by atoms with Crippen LogP contribution in [0.5, 0.6) is 0 Å². The largest absolute Gasteiger partial charge is 0.355 e. The molecule has 0 aliphatic heterocycles. The first-order chi connectivity index (χ1) is 12.1. The Kier molecular flexibility index (Phi) is 3.57. The number of benzene rings is 2. The molecular formula is C19H15FN4O. The summed E-state index contributed by atoms with van der Waals surface area (Å²) in [5, 5.41) is 7.65. The van der Waals surface area contributed by atoms with Gasteiger partial charge in [0.1, 0.15) is 11.5 Å². The van der Waals surface area contributed by atoms with Crippen molar-refractivity contribution in [2.75, 3.05) is 5.32 Å². The number of halogens is 1. The molecule has 4 aromatic rings. The SMILES string of the molecule is Cn1nccc1C(=O)Nc1ccc(-c2cc3cc(F)ccc3[nH]2)cc1. The summed E-state index contributed by atoms with van der Waals surface area (Å²) in [4.78, 5) is 15.5. The number of rotatable bonds is 3. The molecule has 0 unspecified atom stereocenters. The molecule has 4 rings (SSSR count). The lowest BCUT2D eigenvalue weighted by Crippen LogP contribution is -2.15. The van der Waals surface area contributed by atoms with Crippen molar-refractivity contribution in [1.82, 2.24) is 14.8 Å². The molecule has 2 aromatic heterocycles. The zero-order chi connectivity index (χ0) is 17.4. The van der Waals surface area contributed by atoms with E-state index >= 15 is 0 Å². The Morgan fingerprint density at radius 3 is 2.64 bits per heavy atom. The molecule has 25 heavy (non-hydrogen) atoms. The van der Waals surface area contributed by atoms with Gasteiger partial charge in [-0.05, 0) is 48.0 Å². The van der Waals surface area contributed by atoms with E-state index in [9.17, 15) is 9.18 Å². The molecule has 0 spiro atoms. The number of fused-ring (bicyclic) bond motifs is 1. The minimum atomic E-state index is -0.258. The normalized spacial score (nSPS) is 11.0. The average Bonchev–Trinajstić information content (AvgIpc) is 3.21. The number of nitrogens with zero attached hydrogens (tertiary/aromatic N) is 2. The number of H-pyrrole nitrogens is 1. The number of aromatic amines is 1. The topological polar surface area (TPSA) is 62.7 Å². The van der Waals surface area contributed by atoms with Crippen molar-refractivity contribution in [1.29, 1.82) is 0 Å². The highest BCUT2D eigenvalue weighted by molar-refractivity contribution is 6.03. The van der Waals surface area contributed by atoms with Gasteiger partial charge in [-0.15, -0.1) is 0 Å². The average molecular weight is 334 g/mol. The van der Waals surface area contributed by atoms with Crippen molar-refractivity contribution in [3.63, 3.8) is 0 Å². The summed E-state index contributed by atoms with van der Waals surface area (Å²) in [5.41, 5.74) is 3.91. The van der Waals surface area contributed by atoms with Crippen LogP contribution in [-0.2, 0) is 7.05 Å². The highest BCUT2D eigenvalue weighted by Crippen LogP contribution is 2.26. The Labute approximate surface area is 143 Å². The second kappa shape index (κ2) is 5.90. The van der Waals surface area contributed by atoms with Crippen molar-refractivity contribution in [3.8, 4) is 11.3 Å². The van der Waals surface area contributed by atoms with Gasteiger partial charge in [0.15, 0.2) is 0 Å². The Morgan fingerprint density at radius 1 is 1.12 bits per heavy atom. The van der Waals surface area contributed by atoms with E-state index in [1.807, 2.05) is 30.3 Å². The molecule has 0 aliphatic rings. The number of hydrogen-bond donors (Lipinski definition) is 2. The van der Waals surface area contributed by atoms with Crippen LogP contribution in [0.25, 0.3) is 22.2 Å². The van der Waals surface area contributed by atoms with Gasteiger partial charge < -0.3 is 10.3 Å². The monoisotopic (exact) mass is 334 g/mol. The molecule has 124 valence electrons. The van der Waals surface area contributed by atoms with Crippen molar-refractivity contribution >= 4 is 22.5 Å². The van der Waals surface area contributed by atoms with Gasteiger partial charge in [-0.2, -0.15) is 5.10 Å². The van der Waals surface area contributed by atoms with E-state index < -0.39 is 0 Å². The molecule has 0 atom stereocenters. The van der Waals surface area contributed by atoms with Crippen LogP contribution in [-0.4, -0.2) is 20.7 Å². The van der Waals surface area contributed by atoms with Crippen LogP contribution >= 0.6 is 0 Å². The number of aromatic nitrogens is 3. The number of amides is 1. The molecule has 0 saturated heterocycles. The fourth-order valence-electron chi connectivity index (χ4n) is 2.78. The van der Waals surface area contributed by atoms with E-state index in [1.54, 1.807) is 25.4 Å². The molecule has 0 radical (unpaired) electrons. The van der Waals surface area contributed by atoms with E-state index in [1.165, 1.54) is 16.8 Å². The smallest absolute Gasteiger partial charge is 0.273 e. The molecular weight excluding hydrogens is 319 g/mol. The third kappa shape index (κ3) is 2.89.